The maximum Gasteiger partial charge on any atom is 0.137 e. The molecular formula is C29H40FN5. The van der Waals surface area contributed by atoms with E-state index in [9.17, 15) is 4.39 Å². The van der Waals surface area contributed by atoms with Crippen LogP contribution in [-0.4, -0.2) is 65.4 Å². The van der Waals surface area contributed by atoms with Gasteiger partial charge in [-0.25, -0.2) is 9.07 Å². The third-order valence-corrected chi connectivity index (χ3v) is 6.91. The number of rotatable bonds is 10. The van der Waals surface area contributed by atoms with Gasteiger partial charge in [0.05, 0.1) is 11.4 Å². The fraction of sp³-hybridized carbons (Fsp3) is 0.483. The van der Waals surface area contributed by atoms with E-state index in [-0.39, 0.29) is 5.82 Å². The molecule has 0 unspecified atom stereocenters. The van der Waals surface area contributed by atoms with Crippen LogP contribution in [0.4, 0.5) is 10.2 Å². The van der Waals surface area contributed by atoms with Crippen LogP contribution in [0.25, 0.3) is 5.69 Å². The molecule has 0 saturated carbocycles. The summed E-state index contributed by atoms with van der Waals surface area (Å²) in [5.74, 6) is 1.52. The zero-order valence-electron chi connectivity index (χ0n) is 21.8. The van der Waals surface area contributed by atoms with E-state index in [1.165, 1.54) is 29.1 Å². The first-order chi connectivity index (χ1) is 16.9. The van der Waals surface area contributed by atoms with Crippen molar-refractivity contribution in [1.82, 2.24) is 19.6 Å². The fourth-order valence-corrected chi connectivity index (χ4v) is 5.00. The van der Waals surface area contributed by atoms with Gasteiger partial charge < -0.3 is 9.80 Å². The Hall–Kier alpha value is -2.70. The predicted octanol–water partition coefficient (Wildman–Crippen LogP) is 5.16. The third kappa shape index (κ3) is 6.50. The zero-order chi connectivity index (χ0) is 24.8. The van der Waals surface area contributed by atoms with E-state index in [4.69, 9.17) is 5.10 Å². The molecule has 0 bridgehead atoms. The van der Waals surface area contributed by atoms with E-state index in [0.29, 0.717) is 5.92 Å². The van der Waals surface area contributed by atoms with E-state index < -0.39 is 0 Å². The smallest absolute Gasteiger partial charge is 0.137 e. The van der Waals surface area contributed by atoms with Crippen molar-refractivity contribution in [2.45, 2.75) is 40.7 Å². The molecule has 2 heterocycles. The van der Waals surface area contributed by atoms with Crippen LogP contribution in [0.5, 0.6) is 0 Å². The summed E-state index contributed by atoms with van der Waals surface area (Å²) in [5.41, 5.74) is 4.62. The van der Waals surface area contributed by atoms with Crippen molar-refractivity contribution in [3.05, 3.63) is 77.2 Å². The molecule has 0 aliphatic carbocycles. The lowest BCUT2D eigenvalue weighted by Crippen LogP contribution is -2.47. The molecule has 35 heavy (non-hydrogen) atoms. The van der Waals surface area contributed by atoms with Crippen LogP contribution in [-0.2, 0) is 13.0 Å². The summed E-state index contributed by atoms with van der Waals surface area (Å²) in [5, 5.41) is 4.99. The van der Waals surface area contributed by atoms with Gasteiger partial charge in [0.25, 0.3) is 0 Å². The third-order valence-electron chi connectivity index (χ3n) is 6.91. The summed E-state index contributed by atoms with van der Waals surface area (Å²) in [6.45, 7) is 17.0. The zero-order valence-corrected chi connectivity index (χ0v) is 21.8. The Morgan fingerprint density at radius 1 is 0.971 bits per heavy atom. The number of hydrogen-bond acceptors (Lipinski definition) is 4. The lowest BCUT2D eigenvalue weighted by molar-refractivity contribution is 0.237. The average molecular weight is 478 g/mol. The largest absolute Gasteiger partial charge is 0.354 e. The van der Waals surface area contributed by atoms with Crippen molar-refractivity contribution in [2.24, 2.45) is 5.92 Å². The van der Waals surface area contributed by atoms with E-state index in [1.807, 2.05) is 16.8 Å². The molecule has 1 aliphatic heterocycles. The van der Waals surface area contributed by atoms with E-state index in [2.05, 4.69) is 72.7 Å². The molecule has 0 radical (unpaired) electrons. The minimum atomic E-state index is -0.222. The van der Waals surface area contributed by atoms with E-state index >= 15 is 0 Å². The van der Waals surface area contributed by atoms with Crippen molar-refractivity contribution in [3.8, 4) is 5.69 Å². The minimum absolute atomic E-state index is 0.222. The first-order valence-electron chi connectivity index (χ1n) is 13.0. The van der Waals surface area contributed by atoms with Crippen molar-refractivity contribution >= 4 is 5.82 Å². The molecular weight excluding hydrogens is 437 g/mol. The summed E-state index contributed by atoms with van der Waals surface area (Å²) in [6, 6.07) is 17.4. The molecule has 2 aromatic carbocycles. The van der Waals surface area contributed by atoms with Gasteiger partial charge in [-0.2, -0.15) is 5.10 Å². The number of aromatic nitrogens is 2. The van der Waals surface area contributed by atoms with Gasteiger partial charge in [0, 0.05) is 51.4 Å². The Kier molecular flexibility index (Phi) is 8.58. The first kappa shape index (κ1) is 25.4. The molecule has 3 aromatic rings. The first-order valence-corrected chi connectivity index (χ1v) is 13.0. The molecule has 0 atom stereocenters. The topological polar surface area (TPSA) is 27.5 Å². The highest BCUT2D eigenvalue weighted by Gasteiger charge is 2.26. The van der Waals surface area contributed by atoms with Gasteiger partial charge in [-0.05, 0) is 55.6 Å². The summed E-state index contributed by atoms with van der Waals surface area (Å²) in [4.78, 5) is 7.55. The van der Waals surface area contributed by atoms with Crippen LogP contribution < -0.4 is 4.90 Å². The number of aryl methyl sites for hydroxylation is 1. The SMILES string of the molecule is CCN1CCN(c2c(CN(CCc3ccccc3)CC(C)C)c(C)nn2-c2ccc(F)cc2)CC1. The average Bonchev–Trinajstić information content (AvgIpc) is 3.19. The van der Waals surface area contributed by atoms with Crippen LogP contribution in [0.2, 0.25) is 0 Å². The van der Waals surface area contributed by atoms with Gasteiger partial charge >= 0.3 is 0 Å². The van der Waals surface area contributed by atoms with Crippen LogP contribution in [0, 0.1) is 18.7 Å². The molecule has 5 nitrogen and oxygen atoms in total. The van der Waals surface area contributed by atoms with Gasteiger partial charge in [0.1, 0.15) is 11.6 Å². The second-order valence-electron chi connectivity index (χ2n) is 10.1. The number of hydrogen-bond donors (Lipinski definition) is 0. The Morgan fingerprint density at radius 2 is 1.66 bits per heavy atom. The van der Waals surface area contributed by atoms with Crippen molar-refractivity contribution in [3.63, 3.8) is 0 Å². The quantitative estimate of drug-likeness (QED) is 0.403. The Morgan fingerprint density at radius 3 is 2.29 bits per heavy atom. The molecule has 0 amide bonds. The number of anilines is 1. The molecule has 6 heteroatoms. The van der Waals surface area contributed by atoms with E-state index in [0.717, 1.165) is 70.2 Å². The predicted molar refractivity (Wildman–Crippen MR) is 143 cm³/mol. The molecule has 0 N–H and O–H groups in total. The van der Waals surface area contributed by atoms with Gasteiger partial charge in [-0.1, -0.05) is 51.1 Å². The lowest BCUT2D eigenvalue weighted by atomic mass is 10.1. The summed E-state index contributed by atoms with van der Waals surface area (Å²) >= 11 is 0. The molecule has 1 aliphatic rings. The highest BCUT2D eigenvalue weighted by molar-refractivity contribution is 5.55. The second-order valence-corrected chi connectivity index (χ2v) is 10.1. The maximum atomic E-state index is 13.7. The molecule has 1 saturated heterocycles. The van der Waals surface area contributed by atoms with Crippen molar-refractivity contribution < 1.29 is 4.39 Å². The van der Waals surface area contributed by atoms with Gasteiger partial charge in [-0.15, -0.1) is 0 Å². The normalized spacial score (nSPS) is 14.9. The lowest BCUT2D eigenvalue weighted by Gasteiger charge is -2.36. The second kappa shape index (κ2) is 11.8. The standard InChI is InChI=1S/C29H40FN5/c1-5-32-17-19-34(20-18-32)29-28(24(4)31-35(29)27-13-11-26(30)12-14-27)22-33(21-23(2)3)16-15-25-9-7-6-8-10-25/h6-14,23H,5,15-22H2,1-4H3. The fourth-order valence-electron chi connectivity index (χ4n) is 5.00. The Balaban J connectivity index is 1.65. The summed E-state index contributed by atoms with van der Waals surface area (Å²) < 4.78 is 15.7. The van der Waals surface area contributed by atoms with Crippen molar-refractivity contribution in [1.29, 1.82) is 0 Å². The molecule has 188 valence electrons. The Bertz CT molecular complexity index is 1050. The molecule has 1 aromatic heterocycles. The van der Waals surface area contributed by atoms with Gasteiger partial charge in [0.15, 0.2) is 0 Å². The minimum Gasteiger partial charge on any atom is -0.354 e. The Labute approximate surface area is 210 Å². The molecule has 0 spiro atoms. The highest BCUT2D eigenvalue weighted by atomic mass is 19.1. The number of nitrogens with zero attached hydrogens (tertiary/aromatic N) is 5. The summed E-state index contributed by atoms with van der Waals surface area (Å²) in [7, 11) is 0. The number of benzene rings is 2. The van der Waals surface area contributed by atoms with Crippen LogP contribution >= 0.6 is 0 Å². The molecule has 4 rings (SSSR count). The van der Waals surface area contributed by atoms with Gasteiger partial charge in [0.2, 0.25) is 0 Å². The van der Waals surface area contributed by atoms with Crippen LogP contribution in [0.15, 0.2) is 54.6 Å². The monoisotopic (exact) mass is 477 g/mol. The van der Waals surface area contributed by atoms with Crippen LogP contribution in [0.1, 0.15) is 37.6 Å². The van der Waals surface area contributed by atoms with Crippen LogP contribution in [0.3, 0.4) is 0 Å². The summed E-state index contributed by atoms with van der Waals surface area (Å²) in [6.07, 6.45) is 1.03. The van der Waals surface area contributed by atoms with Crippen molar-refractivity contribution in [2.75, 3.05) is 50.7 Å². The van der Waals surface area contributed by atoms with Gasteiger partial charge in [-0.3, -0.25) is 4.90 Å². The number of halogens is 1. The van der Waals surface area contributed by atoms with E-state index in [1.54, 1.807) is 0 Å². The molecule has 1 fully saturated rings. The number of likely N-dealkylation sites (N-methyl/N-ethyl adjacent to an activating group) is 1. The highest BCUT2D eigenvalue weighted by Crippen LogP contribution is 2.30. The number of piperazine rings is 1. The maximum absolute atomic E-state index is 13.7.